The van der Waals surface area contributed by atoms with Crippen molar-refractivity contribution in [2.45, 2.75) is 52.5 Å². The Kier molecular flexibility index (Phi) is 3.66. The van der Waals surface area contributed by atoms with Gasteiger partial charge in [0.05, 0.1) is 0 Å². The van der Waals surface area contributed by atoms with E-state index in [9.17, 15) is 4.79 Å². The van der Waals surface area contributed by atoms with Crippen molar-refractivity contribution in [1.82, 2.24) is 14.5 Å². The Morgan fingerprint density at radius 3 is 2.81 bits per heavy atom. The fourth-order valence-corrected chi connectivity index (χ4v) is 2.57. The predicted molar refractivity (Wildman–Crippen MR) is 83.2 cm³/mol. The highest BCUT2D eigenvalue weighted by Gasteiger charge is 2.26. The predicted octanol–water partition coefficient (Wildman–Crippen LogP) is 3.45. The van der Waals surface area contributed by atoms with Gasteiger partial charge in [0.25, 0.3) is 0 Å². The Morgan fingerprint density at radius 2 is 2.19 bits per heavy atom. The second-order valence-electron chi connectivity index (χ2n) is 5.98. The molecule has 5 heteroatoms. The minimum atomic E-state index is -0.00523. The van der Waals surface area contributed by atoms with Crippen LogP contribution in [0.1, 0.15) is 51.3 Å². The van der Waals surface area contributed by atoms with Crippen LogP contribution in [-0.2, 0) is 4.79 Å². The lowest BCUT2D eigenvalue weighted by molar-refractivity contribution is -0.119. The number of carbonyl (C=O) groups excluding carboxylic acids is 1. The van der Waals surface area contributed by atoms with Crippen LogP contribution in [0.2, 0.25) is 0 Å². The highest BCUT2D eigenvalue weighted by Crippen LogP contribution is 2.36. The lowest BCUT2D eigenvalue weighted by Crippen LogP contribution is -2.25. The van der Waals surface area contributed by atoms with Crippen molar-refractivity contribution >= 4 is 23.0 Å². The van der Waals surface area contributed by atoms with Gasteiger partial charge in [-0.05, 0) is 44.7 Å². The molecule has 0 radical (unpaired) electrons. The Labute approximate surface area is 124 Å². The zero-order chi connectivity index (χ0) is 15.0. The smallest absolute Gasteiger partial charge is 0.229 e. The van der Waals surface area contributed by atoms with Gasteiger partial charge < -0.3 is 0 Å². The van der Waals surface area contributed by atoms with Gasteiger partial charge in [0.15, 0.2) is 5.65 Å². The first kappa shape index (κ1) is 14.0. The van der Waals surface area contributed by atoms with Gasteiger partial charge in [-0.3, -0.25) is 14.7 Å². The fraction of sp³-hybridized carbons (Fsp3) is 0.562. The first-order chi connectivity index (χ1) is 10.1. The Hall–Kier alpha value is -1.91. The Bertz CT molecular complexity index is 672. The van der Waals surface area contributed by atoms with Crippen molar-refractivity contribution in [3.8, 4) is 0 Å². The molecule has 112 valence electrons. The van der Waals surface area contributed by atoms with Crippen LogP contribution in [0.25, 0.3) is 11.2 Å². The number of hydrogen-bond acceptors (Lipinski definition) is 3. The van der Waals surface area contributed by atoms with Gasteiger partial charge >= 0.3 is 0 Å². The quantitative estimate of drug-likeness (QED) is 0.936. The molecule has 0 spiro atoms. The van der Waals surface area contributed by atoms with E-state index < -0.39 is 0 Å². The molecule has 0 unspecified atom stereocenters. The lowest BCUT2D eigenvalue weighted by atomic mass is 9.93. The number of pyridine rings is 1. The monoisotopic (exact) mass is 286 g/mol. The molecule has 21 heavy (non-hydrogen) atoms. The highest BCUT2D eigenvalue weighted by molar-refractivity contribution is 5.92. The molecule has 2 aromatic rings. The van der Waals surface area contributed by atoms with Crippen molar-refractivity contribution in [2.75, 3.05) is 5.32 Å². The van der Waals surface area contributed by atoms with E-state index in [0.29, 0.717) is 12.0 Å². The third-order valence-electron chi connectivity index (χ3n) is 4.41. The normalized spacial score (nSPS) is 16.7. The zero-order valence-electron chi connectivity index (χ0n) is 12.9. The van der Waals surface area contributed by atoms with Crippen LogP contribution < -0.4 is 5.32 Å². The van der Waals surface area contributed by atoms with E-state index >= 15 is 0 Å². The van der Waals surface area contributed by atoms with Crippen molar-refractivity contribution in [3.63, 3.8) is 0 Å². The molecule has 1 atom stereocenters. The number of aryl methyl sites for hydroxylation is 1. The summed E-state index contributed by atoms with van der Waals surface area (Å²) in [6, 6.07) is 4.35. The molecule has 1 N–H and O–H groups in total. The summed E-state index contributed by atoms with van der Waals surface area (Å²) in [6.07, 6.45) is 4.32. The van der Waals surface area contributed by atoms with E-state index in [2.05, 4.69) is 19.9 Å². The average Bonchev–Trinajstić information content (AvgIpc) is 2.74. The van der Waals surface area contributed by atoms with Crippen molar-refractivity contribution < 1.29 is 4.79 Å². The third-order valence-corrected chi connectivity index (χ3v) is 4.41. The number of amides is 1. The maximum atomic E-state index is 12.2. The largest absolute Gasteiger partial charge is 0.296 e. The van der Waals surface area contributed by atoms with Crippen LogP contribution >= 0.6 is 0 Å². The summed E-state index contributed by atoms with van der Waals surface area (Å²) >= 11 is 0. The summed E-state index contributed by atoms with van der Waals surface area (Å²) in [6.45, 7) is 5.94. The van der Waals surface area contributed by atoms with Gasteiger partial charge in [-0.15, -0.1) is 0 Å². The summed E-state index contributed by atoms with van der Waals surface area (Å²) in [5, 5.41) is 2.99. The average molecular weight is 286 g/mol. The molecule has 2 aromatic heterocycles. The Morgan fingerprint density at radius 1 is 1.43 bits per heavy atom. The second-order valence-corrected chi connectivity index (χ2v) is 5.98. The van der Waals surface area contributed by atoms with E-state index in [1.165, 1.54) is 6.42 Å². The van der Waals surface area contributed by atoms with Gasteiger partial charge in [-0.25, -0.2) is 9.97 Å². The molecule has 5 nitrogen and oxygen atoms in total. The number of hydrogen-bond donors (Lipinski definition) is 1. The molecule has 0 aromatic carbocycles. The molecular formula is C16H22N4O. The van der Waals surface area contributed by atoms with E-state index in [0.717, 1.165) is 36.1 Å². The molecule has 1 fully saturated rings. The molecule has 0 bridgehead atoms. The number of rotatable bonds is 4. The summed E-state index contributed by atoms with van der Waals surface area (Å²) in [5.41, 5.74) is 2.72. The number of fused-ring (bicyclic) bond motifs is 1. The second kappa shape index (κ2) is 5.47. The number of nitrogens with zero attached hydrogens (tertiary/aromatic N) is 3. The molecule has 0 saturated heterocycles. The molecule has 1 aliphatic carbocycles. The molecular weight excluding hydrogens is 264 g/mol. The van der Waals surface area contributed by atoms with Gasteiger partial charge in [0, 0.05) is 17.7 Å². The van der Waals surface area contributed by atoms with E-state index in [1.54, 1.807) is 0 Å². The van der Waals surface area contributed by atoms with Gasteiger partial charge in [0.2, 0.25) is 11.9 Å². The molecule has 3 rings (SSSR count). The van der Waals surface area contributed by atoms with Gasteiger partial charge in [-0.1, -0.05) is 13.8 Å². The van der Waals surface area contributed by atoms with Crippen molar-refractivity contribution in [1.29, 1.82) is 0 Å². The van der Waals surface area contributed by atoms with Crippen LogP contribution in [0.5, 0.6) is 0 Å². The van der Waals surface area contributed by atoms with Gasteiger partial charge in [0.1, 0.15) is 5.52 Å². The molecule has 1 saturated carbocycles. The zero-order valence-corrected chi connectivity index (χ0v) is 12.9. The van der Waals surface area contributed by atoms with Crippen LogP contribution in [0.3, 0.4) is 0 Å². The fourth-order valence-electron chi connectivity index (χ4n) is 2.57. The number of carbonyl (C=O) groups is 1. The molecule has 2 heterocycles. The highest BCUT2D eigenvalue weighted by atomic mass is 16.2. The number of imidazole rings is 1. The summed E-state index contributed by atoms with van der Waals surface area (Å²) < 4.78 is 2.12. The van der Waals surface area contributed by atoms with Crippen LogP contribution in [0.15, 0.2) is 12.1 Å². The van der Waals surface area contributed by atoms with Gasteiger partial charge in [-0.2, -0.15) is 0 Å². The first-order valence-electron chi connectivity index (χ1n) is 7.76. The summed E-state index contributed by atoms with van der Waals surface area (Å²) in [4.78, 5) is 21.4. The Balaban J connectivity index is 2.02. The third kappa shape index (κ3) is 2.52. The topological polar surface area (TPSA) is 59.8 Å². The first-order valence-corrected chi connectivity index (χ1v) is 7.76. The summed E-state index contributed by atoms with van der Waals surface area (Å²) in [5.74, 6) is 0.678. The van der Waals surface area contributed by atoms with Crippen molar-refractivity contribution in [2.24, 2.45) is 5.92 Å². The maximum Gasteiger partial charge on any atom is 0.229 e. The molecule has 1 amide bonds. The maximum absolute atomic E-state index is 12.2. The lowest BCUT2D eigenvalue weighted by Gasteiger charge is -2.28. The van der Waals surface area contributed by atoms with E-state index in [1.807, 2.05) is 32.9 Å². The summed E-state index contributed by atoms with van der Waals surface area (Å²) in [7, 11) is 0. The van der Waals surface area contributed by atoms with Crippen LogP contribution in [0.4, 0.5) is 5.95 Å². The SMILES string of the molecule is CC[C@H](C)C(=O)Nc1nc2ccc(C)nc2n1C1CCC1. The standard InChI is InChI=1S/C16H22N4O/c1-4-10(2)15(21)19-16-18-13-9-8-11(3)17-14(13)20(16)12-6-5-7-12/h8-10,12H,4-7H2,1-3H3,(H,18,19,21)/t10-/m0/s1. The molecule has 1 aliphatic rings. The number of anilines is 1. The van der Waals surface area contributed by atoms with Crippen LogP contribution in [0, 0.1) is 12.8 Å². The van der Waals surface area contributed by atoms with E-state index in [-0.39, 0.29) is 11.8 Å². The van der Waals surface area contributed by atoms with Crippen LogP contribution in [-0.4, -0.2) is 20.4 Å². The molecule has 0 aliphatic heterocycles. The van der Waals surface area contributed by atoms with Crippen molar-refractivity contribution in [3.05, 3.63) is 17.8 Å². The minimum Gasteiger partial charge on any atom is -0.296 e. The number of nitrogens with one attached hydrogen (secondary N) is 1. The number of aromatic nitrogens is 3. The minimum absolute atomic E-state index is 0.00523. The van der Waals surface area contributed by atoms with E-state index in [4.69, 9.17) is 0 Å².